The molecule has 0 radical (unpaired) electrons. The molecule has 0 aliphatic carbocycles. The van der Waals surface area contributed by atoms with Crippen LogP contribution >= 0.6 is 0 Å². The Hall–Kier alpha value is -4.61. The predicted octanol–water partition coefficient (Wildman–Crippen LogP) is 4.34. The molecule has 0 saturated heterocycles. The lowest BCUT2D eigenvalue weighted by atomic mass is 10.1. The van der Waals surface area contributed by atoms with Gasteiger partial charge in [0.1, 0.15) is 28.5 Å². The largest absolute Gasteiger partial charge is 0.309 e. The summed E-state index contributed by atoms with van der Waals surface area (Å²) in [7, 11) is 1.72. The number of rotatable bonds is 4. The first kappa shape index (κ1) is 23.1. The molecule has 0 fully saturated rings. The van der Waals surface area contributed by atoms with Crippen LogP contribution in [-0.2, 0) is 4.79 Å². The summed E-state index contributed by atoms with van der Waals surface area (Å²) in [6.07, 6.45) is 3.49. The Morgan fingerprint density at radius 2 is 1.92 bits per heavy atom. The number of imidazole rings is 1. The number of halogens is 1. The number of benzene rings is 1. The van der Waals surface area contributed by atoms with Gasteiger partial charge in [0.25, 0.3) is 0 Å². The van der Waals surface area contributed by atoms with Crippen LogP contribution < -0.4 is 10.6 Å². The van der Waals surface area contributed by atoms with E-state index in [1.165, 1.54) is 6.07 Å². The number of aromatic nitrogens is 4. The lowest BCUT2D eigenvalue weighted by Crippen LogP contribution is -2.35. The zero-order chi connectivity index (χ0) is 25.2. The molecular weight excluding hydrogens is 455 g/mol. The Balaban J connectivity index is 1.67. The van der Waals surface area contributed by atoms with Crippen LogP contribution in [0, 0.1) is 24.6 Å². The van der Waals surface area contributed by atoms with E-state index in [9.17, 15) is 9.18 Å². The van der Waals surface area contributed by atoms with Gasteiger partial charge in [0, 0.05) is 28.9 Å². The number of amides is 1. The standard InChI is InChI=1S/C28H23FN6O/c1-17-27(35-16-5-4-8-25(35)32-17)21-11-14-24(34-28(36)18(2)30-3)33-23(21)13-10-19-9-12-22(29)26-20(19)7-6-15-31-26/h4-9,11-12,14-16,18,30H,1-3H3,(H,33,34,36). The van der Waals surface area contributed by atoms with E-state index in [4.69, 9.17) is 0 Å². The maximum atomic E-state index is 14.3. The highest BCUT2D eigenvalue weighted by Gasteiger charge is 2.17. The van der Waals surface area contributed by atoms with Gasteiger partial charge in [0.15, 0.2) is 0 Å². The number of hydrogen-bond donors (Lipinski definition) is 2. The molecular formula is C28H23FN6O. The highest BCUT2D eigenvalue weighted by Crippen LogP contribution is 2.28. The fourth-order valence-electron chi connectivity index (χ4n) is 3.99. The van der Waals surface area contributed by atoms with Crippen LogP contribution in [0.25, 0.3) is 27.8 Å². The van der Waals surface area contributed by atoms with Gasteiger partial charge in [-0.2, -0.15) is 0 Å². The summed E-state index contributed by atoms with van der Waals surface area (Å²) in [6, 6.07) is 15.6. The molecule has 1 atom stereocenters. The Bertz CT molecular complexity index is 1680. The number of carbonyl (C=O) groups is 1. The fourth-order valence-corrected chi connectivity index (χ4v) is 3.99. The maximum Gasteiger partial charge on any atom is 0.242 e. The Morgan fingerprint density at radius 3 is 2.75 bits per heavy atom. The normalized spacial score (nSPS) is 11.8. The molecule has 0 aliphatic heterocycles. The van der Waals surface area contributed by atoms with Crippen LogP contribution in [0.15, 0.2) is 67.0 Å². The Morgan fingerprint density at radius 1 is 1.06 bits per heavy atom. The van der Waals surface area contributed by atoms with Gasteiger partial charge in [-0.05, 0) is 75.3 Å². The van der Waals surface area contributed by atoms with Crippen LogP contribution in [-0.4, -0.2) is 38.3 Å². The van der Waals surface area contributed by atoms with E-state index < -0.39 is 5.82 Å². The minimum atomic E-state index is -0.403. The lowest BCUT2D eigenvalue weighted by molar-refractivity contribution is -0.117. The molecule has 0 spiro atoms. The van der Waals surface area contributed by atoms with Crippen molar-refractivity contribution >= 4 is 28.3 Å². The number of likely N-dealkylation sites (N-methyl/N-ethyl adjacent to an activating group) is 1. The Kier molecular flexibility index (Phi) is 6.15. The molecule has 1 amide bonds. The van der Waals surface area contributed by atoms with Gasteiger partial charge in [0.05, 0.1) is 17.4 Å². The van der Waals surface area contributed by atoms with E-state index in [1.807, 2.05) is 41.8 Å². The minimum absolute atomic E-state index is 0.210. The SMILES string of the molecule is CNC(C)C(=O)Nc1ccc(-c2c(C)nc3ccccn23)c(C#Cc2ccc(F)c3ncccc23)n1. The average Bonchev–Trinajstić information content (AvgIpc) is 3.23. The highest BCUT2D eigenvalue weighted by atomic mass is 19.1. The zero-order valence-corrected chi connectivity index (χ0v) is 20.0. The van der Waals surface area contributed by atoms with Crippen molar-refractivity contribution in [2.75, 3.05) is 12.4 Å². The van der Waals surface area contributed by atoms with E-state index in [2.05, 4.69) is 37.4 Å². The molecule has 1 aromatic carbocycles. The van der Waals surface area contributed by atoms with Gasteiger partial charge >= 0.3 is 0 Å². The summed E-state index contributed by atoms with van der Waals surface area (Å²) >= 11 is 0. The summed E-state index contributed by atoms with van der Waals surface area (Å²) in [6.45, 7) is 3.70. The average molecular weight is 479 g/mol. The summed E-state index contributed by atoms with van der Waals surface area (Å²) < 4.78 is 16.2. The van der Waals surface area contributed by atoms with Crippen molar-refractivity contribution in [2.24, 2.45) is 0 Å². The number of nitrogens with one attached hydrogen (secondary N) is 2. The number of aryl methyl sites for hydroxylation is 1. The summed E-state index contributed by atoms with van der Waals surface area (Å²) in [5, 5.41) is 6.36. The van der Waals surface area contributed by atoms with E-state index in [0.29, 0.717) is 22.5 Å². The third-order valence-electron chi connectivity index (χ3n) is 5.97. The van der Waals surface area contributed by atoms with Crippen LogP contribution in [0.1, 0.15) is 23.9 Å². The Labute approximate surface area is 207 Å². The minimum Gasteiger partial charge on any atom is -0.309 e. The number of anilines is 1. The molecule has 0 saturated carbocycles. The first-order valence-electron chi connectivity index (χ1n) is 11.4. The van der Waals surface area contributed by atoms with Crippen molar-refractivity contribution in [1.82, 2.24) is 24.7 Å². The van der Waals surface area contributed by atoms with Gasteiger partial charge < -0.3 is 10.6 Å². The maximum absolute atomic E-state index is 14.3. The molecule has 7 nitrogen and oxygen atoms in total. The third-order valence-corrected chi connectivity index (χ3v) is 5.97. The summed E-state index contributed by atoms with van der Waals surface area (Å²) in [4.78, 5) is 25.9. The smallest absolute Gasteiger partial charge is 0.242 e. The molecule has 4 heterocycles. The zero-order valence-electron chi connectivity index (χ0n) is 20.0. The summed E-state index contributed by atoms with van der Waals surface area (Å²) in [5.74, 6) is 6.07. The van der Waals surface area contributed by atoms with Gasteiger partial charge in [-0.3, -0.25) is 14.2 Å². The van der Waals surface area contributed by atoms with Gasteiger partial charge in [-0.1, -0.05) is 12.0 Å². The van der Waals surface area contributed by atoms with Crippen molar-refractivity contribution in [3.63, 3.8) is 0 Å². The highest BCUT2D eigenvalue weighted by molar-refractivity contribution is 5.94. The lowest BCUT2D eigenvalue weighted by Gasteiger charge is -2.12. The molecule has 5 aromatic rings. The molecule has 0 bridgehead atoms. The second-order valence-corrected chi connectivity index (χ2v) is 8.31. The summed E-state index contributed by atoms with van der Waals surface area (Å²) in [5.41, 5.74) is 4.60. The molecule has 178 valence electrons. The second kappa shape index (κ2) is 9.56. The molecule has 4 aromatic heterocycles. The fraction of sp³-hybridized carbons (Fsp3) is 0.143. The third kappa shape index (κ3) is 4.28. The molecule has 1 unspecified atom stereocenters. The van der Waals surface area contributed by atoms with Gasteiger partial charge in [0.2, 0.25) is 5.91 Å². The monoisotopic (exact) mass is 478 g/mol. The number of carbonyl (C=O) groups excluding carboxylic acids is 1. The number of nitrogens with zero attached hydrogens (tertiary/aromatic N) is 4. The quantitative estimate of drug-likeness (QED) is 0.376. The predicted molar refractivity (Wildman–Crippen MR) is 138 cm³/mol. The molecule has 36 heavy (non-hydrogen) atoms. The molecule has 2 N–H and O–H groups in total. The van der Waals surface area contributed by atoms with Crippen molar-refractivity contribution in [2.45, 2.75) is 19.9 Å². The van der Waals surface area contributed by atoms with E-state index in [0.717, 1.165) is 22.6 Å². The van der Waals surface area contributed by atoms with Crippen molar-refractivity contribution < 1.29 is 9.18 Å². The van der Waals surface area contributed by atoms with Crippen LogP contribution in [0.3, 0.4) is 0 Å². The van der Waals surface area contributed by atoms with Gasteiger partial charge in [-0.15, -0.1) is 0 Å². The van der Waals surface area contributed by atoms with Crippen molar-refractivity contribution in [3.05, 3.63) is 89.8 Å². The number of fused-ring (bicyclic) bond motifs is 2. The van der Waals surface area contributed by atoms with E-state index >= 15 is 0 Å². The van der Waals surface area contributed by atoms with Gasteiger partial charge in [-0.25, -0.2) is 14.4 Å². The number of pyridine rings is 3. The van der Waals surface area contributed by atoms with Crippen LogP contribution in [0.5, 0.6) is 0 Å². The van der Waals surface area contributed by atoms with E-state index in [-0.39, 0.29) is 17.5 Å². The first-order valence-corrected chi connectivity index (χ1v) is 11.4. The van der Waals surface area contributed by atoms with Crippen molar-refractivity contribution in [1.29, 1.82) is 0 Å². The van der Waals surface area contributed by atoms with Crippen LogP contribution in [0.4, 0.5) is 10.2 Å². The first-order chi connectivity index (χ1) is 17.5. The topological polar surface area (TPSA) is 84.2 Å². The molecule has 0 aliphatic rings. The second-order valence-electron chi connectivity index (χ2n) is 8.31. The van der Waals surface area contributed by atoms with Crippen molar-refractivity contribution in [3.8, 4) is 23.1 Å². The molecule has 5 rings (SSSR count). The molecule has 8 heteroatoms. The van der Waals surface area contributed by atoms with Crippen LogP contribution in [0.2, 0.25) is 0 Å². The number of hydrogen-bond acceptors (Lipinski definition) is 5. The van der Waals surface area contributed by atoms with E-state index in [1.54, 1.807) is 44.4 Å².